The number of amides is 2. The van der Waals surface area contributed by atoms with E-state index in [-0.39, 0.29) is 6.03 Å². The number of urea groups is 1. The number of carbonyl (C=O) groups excluding carboxylic acids is 1. The van der Waals surface area contributed by atoms with Gasteiger partial charge in [0, 0.05) is 50.4 Å². The van der Waals surface area contributed by atoms with Crippen LogP contribution in [-0.2, 0) is 0 Å². The molecular weight excluding hydrogens is 392 g/mol. The van der Waals surface area contributed by atoms with Gasteiger partial charge in [0.2, 0.25) is 5.88 Å². The van der Waals surface area contributed by atoms with Gasteiger partial charge in [0.15, 0.2) is 0 Å². The van der Waals surface area contributed by atoms with Crippen molar-refractivity contribution < 1.29 is 9.53 Å². The Kier molecular flexibility index (Phi) is 7.59. The highest BCUT2D eigenvalue weighted by molar-refractivity contribution is 5.95. The third-order valence-corrected chi connectivity index (χ3v) is 5.30. The predicted octanol–water partition coefficient (Wildman–Crippen LogP) is 3.54. The zero-order chi connectivity index (χ0) is 22.2. The lowest BCUT2D eigenvalue weighted by Crippen LogP contribution is -2.30. The van der Waals surface area contributed by atoms with Crippen molar-refractivity contribution in [2.24, 2.45) is 0 Å². The van der Waals surface area contributed by atoms with Crippen LogP contribution in [0.1, 0.15) is 24.8 Å². The standard InChI is InChI=1S/C20H22N4O.C3H8N2O/c1-14-10-16(15-6-7-18(25-2)21-12-15)11-17-19(14)22-13-23-20(17)24-8-4-3-5-9-24;1-4-3(6)5-2/h6-7,10-13H,3-5,8-9H2,1-2H3;1-2H3,(H2,4,5,6). The quantitative estimate of drug-likeness (QED) is 0.671. The highest BCUT2D eigenvalue weighted by Crippen LogP contribution is 2.32. The predicted molar refractivity (Wildman–Crippen MR) is 124 cm³/mol. The van der Waals surface area contributed by atoms with E-state index in [1.165, 1.54) is 19.3 Å². The van der Waals surface area contributed by atoms with Gasteiger partial charge >= 0.3 is 6.03 Å². The van der Waals surface area contributed by atoms with Gasteiger partial charge in [-0.05, 0) is 55.5 Å². The molecule has 3 heterocycles. The summed E-state index contributed by atoms with van der Waals surface area (Å²) in [5.41, 5.74) is 4.39. The fraction of sp³-hybridized carbons (Fsp3) is 0.391. The van der Waals surface area contributed by atoms with Crippen LogP contribution >= 0.6 is 0 Å². The first kappa shape index (κ1) is 22.3. The van der Waals surface area contributed by atoms with E-state index < -0.39 is 0 Å². The summed E-state index contributed by atoms with van der Waals surface area (Å²) in [6, 6.07) is 8.13. The number of carbonyl (C=O) groups is 1. The summed E-state index contributed by atoms with van der Waals surface area (Å²) in [5.74, 6) is 1.68. The highest BCUT2D eigenvalue weighted by atomic mass is 16.5. The molecule has 0 bridgehead atoms. The largest absolute Gasteiger partial charge is 0.481 e. The Bertz CT molecular complexity index is 1010. The van der Waals surface area contributed by atoms with Crippen molar-refractivity contribution in [1.82, 2.24) is 25.6 Å². The topological polar surface area (TPSA) is 92.3 Å². The van der Waals surface area contributed by atoms with Crippen LogP contribution in [-0.4, -0.2) is 55.3 Å². The normalized spacial score (nSPS) is 13.2. The van der Waals surface area contributed by atoms with Gasteiger partial charge in [-0.1, -0.05) is 0 Å². The first-order valence-electron chi connectivity index (χ1n) is 10.5. The monoisotopic (exact) mass is 422 g/mol. The summed E-state index contributed by atoms with van der Waals surface area (Å²) < 4.78 is 5.16. The van der Waals surface area contributed by atoms with Crippen LogP contribution in [0, 0.1) is 6.92 Å². The van der Waals surface area contributed by atoms with Gasteiger partial charge in [0.1, 0.15) is 12.1 Å². The number of ether oxygens (including phenoxy) is 1. The number of rotatable bonds is 3. The molecule has 1 aliphatic heterocycles. The van der Waals surface area contributed by atoms with Crippen molar-refractivity contribution in [2.45, 2.75) is 26.2 Å². The average molecular weight is 423 g/mol. The number of aryl methyl sites for hydroxylation is 1. The Morgan fingerprint density at radius 1 is 1.00 bits per heavy atom. The molecule has 31 heavy (non-hydrogen) atoms. The summed E-state index contributed by atoms with van der Waals surface area (Å²) >= 11 is 0. The number of methoxy groups -OCH3 is 1. The van der Waals surface area contributed by atoms with E-state index in [0.717, 1.165) is 46.5 Å². The lowest BCUT2D eigenvalue weighted by atomic mass is 10.0. The number of pyridine rings is 1. The van der Waals surface area contributed by atoms with Gasteiger partial charge in [-0.15, -0.1) is 0 Å². The van der Waals surface area contributed by atoms with E-state index in [9.17, 15) is 4.79 Å². The van der Waals surface area contributed by atoms with Crippen LogP contribution < -0.4 is 20.3 Å². The van der Waals surface area contributed by atoms with E-state index in [2.05, 4.69) is 49.5 Å². The third-order valence-electron chi connectivity index (χ3n) is 5.30. The number of nitrogens with zero attached hydrogens (tertiary/aromatic N) is 4. The van der Waals surface area contributed by atoms with Gasteiger partial charge in [-0.3, -0.25) is 0 Å². The summed E-state index contributed by atoms with van der Waals surface area (Å²) in [4.78, 5) is 25.8. The Balaban J connectivity index is 0.000000401. The second-order valence-electron chi connectivity index (χ2n) is 7.35. The number of aromatic nitrogens is 3. The molecule has 0 saturated carbocycles. The van der Waals surface area contributed by atoms with Crippen molar-refractivity contribution in [3.05, 3.63) is 42.4 Å². The number of anilines is 1. The minimum atomic E-state index is -0.157. The molecule has 4 rings (SSSR count). The summed E-state index contributed by atoms with van der Waals surface area (Å²) in [6.07, 6.45) is 7.30. The molecule has 2 amide bonds. The molecule has 8 nitrogen and oxygen atoms in total. The average Bonchev–Trinajstić information content (AvgIpc) is 2.84. The maximum Gasteiger partial charge on any atom is 0.314 e. The third kappa shape index (κ3) is 5.39. The van der Waals surface area contributed by atoms with Gasteiger partial charge in [0.25, 0.3) is 0 Å². The highest BCUT2D eigenvalue weighted by Gasteiger charge is 2.17. The lowest BCUT2D eigenvalue weighted by Gasteiger charge is -2.28. The van der Waals surface area contributed by atoms with Gasteiger partial charge in [0.05, 0.1) is 12.6 Å². The Labute approximate surface area is 183 Å². The number of hydrogen-bond acceptors (Lipinski definition) is 6. The maximum atomic E-state index is 9.96. The SMILES string of the molecule is CNC(=O)NC.COc1ccc(-c2cc(C)c3ncnc(N4CCCCC4)c3c2)cn1. The molecule has 0 radical (unpaired) electrons. The number of benzene rings is 1. The van der Waals surface area contributed by atoms with Crippen LogP contribution in [0.4, 0.5) is 10.6 Å². The smallest absolute Gasteiger partial charge is 0.314 e. The minimum absolute atomic E-state index is 0.157. The maximum absolute atomic E-state index is 9.96. The molecule has 8 heteroatoms. The summed E-state index contributed by atoms with van der Waals surface area (Å²) in [6.45, 7) is 4.24. The number of nitrogens with one attached hydrogen (secondary N) is 2. The molecule has 164 valence electrons. The number of hydrogen-bond donors (Lipinski definition) is 2. The molecule has 1 fully saturated rings. The summed E-state index contributed by atoms with van der Waals surface area (Å²) in [5, 5.41) is 5.85. The van der Waals surface area contributed by atoms with E-state index in [1.807, 2.05) is 18.3 Å². The second kappa shape index (κ2) is 10.6. The fourth-order valence-electron chi connectivity index (χ4n) is 3.65. The zero-order valence-electron chi connectivity index (χ0n) is 18.6. The molecule has 2 aromatic heterocycles. The Hall–Kier alpha value is -3.42. The van der Waals surface area contributed by atoms with E-state index in [1.54, 1.807) is 27.5 Å². The lowest BCUT2D eigenvalue weighted by molar-refractivity contribution is 0.245. The number of fused-ring (bicyclic) bond motifs is 1. The molecule has 0 aliphatic carbocycles. The molecule has 1 aromatic carbocycles. The Morgan fingerprint density at radius 3 is 2.32 bits per heavy atom. The van der Waals surface area contributed by atoms with Crippen molar-refractivity contribution in [3.63, 3.8) is 0 Å². The van der Waals surface area contributed by atoms with Crippen molar-refractivity contribution in [2.75, 3.05) is 39.2 Å². The van der Waals surface area contributed by atoms with E-state index in [4.69, 9.17) is 4.74 Å². The van der Waals surface area contributed by atoms with Crippen LogP contribution in [0.2, 0.25) is 0 Å². The molecular formula is C23H30N6O2. The van der Waals surface area contributed by atoms with E-state index in [0.29, 0.717) is 5.88 Å². The molecule has 2 N–H and O–H groups in total. The van der Waals surface area contributed by atoms with Crippen LogP contribution in [0.5, 0.6) is 5.88 Å². The second-order valence-corrected chi connectivity index (χ2v) is 7.35. The molecule has 0 unspecified atom stereocenters. The van der Waals surface area contributed by atoms with Crippen LogP contribution in [0.3, 0.4) is 0 Å². The Morgan fingerprint density at radius 2 is 1.74 bits per heavy atom. The molecule has 3 aromatic rings. The van der Waals surface area contributed by atoms with Gasteiger partial charge < -0.3 is 20.3 Å². The van der Waals surface area contributed by atoms with Crippen LogP contribution in [0.25, 0.3) is 22.0 Å². The van der Waals surface area contributed by atoms with Gasteiger partial charge in [-0.25, -0.2) is 19.7 Å². The minimum Gasteiger partial charge on any atom is -0.481 e. The van der Waals surface area contributed by atoms with E-state index >= 15 is 0 Å². The molecule has 0 spiro atoms. The first-order valence-corrected chi connectivity index (χ1v) is 10.5. The first-order chi connectivity index (χ1) is 15.1. The molecule has 0 atom stereocenters. The fourth-order valence-corrected chi connectivity index (χ4v) is 3.65. The zero-order valence-corrected chi connectivity index (χ0v) is 18.6. The number of piperidine rings is 1. The van der Waals surface area contributed by atoms with Crippen molar-refractivity contribution in [3.8, 4) is 17.0 Å². The molecule has 1 saturated heterocycles. The van der Waals surface area contributed by atoms with Crippen molar-refractivity contribution >= 4 is 22.8 Å². The van der Waals surface area contributed by atoms with Gasteiger partial charge in [-0.2, -0.15) is 0 Å². The van der Waals surface area contributed by atoms with Crippen LogP contribution in [0.15, 0.2) is 36.8 Å². The summed E-state index contributed by atoms with van der Waals surface area (Å²) in [7, 11) is 4.77. The van der Waals surface area contributed by atoms with Crippen molar-refractivity contribution in [1.29, 1.82) is 0 Å². The molecule has 1 aliphatic rings.